The standard InChI is InChI=1S/C16H17NO/c1-18-13-8-6-11(7-9-13)15-10-12-4-2-3-5-14(12)16(15)17/h2-9,15-16H,10,17H2,1H3/t15-,16+/m1/s1. The van der Waals surface area contributed by atoms with E-state index in [0.29, 0.717) is 5.92 Å². The zero-order valence-corrected chi connectivity index (χ0v) is 10.5. The van der Waals surface area contributed by atoms with E-state index in [-0.39, 0.29) is 6.04 Å². The first kappa shape index (κ1) is 11.3. The van der Waals surface area contributed by atoms with Gasteiger partial charge in [-0.3, -0.25) is 0 Å². The zero-order valence-electron chi connectivity index (χ0n) is 10.5. The Kier molecular flexibility index (Phi) is 2.80. The van der Waals surface area contributed by atoms with E-state index in [1.165, 1.54) is 16.7 Å². The molecular formula is C16H17NO. The lowest BCUT2D eigenvalue weighted by molar-refractivity contribution is 0.414. The molecule has 2 heteroatoms. The highest BCUT2D eigenvalue weighted by Crippen LogP contribution is 2.40. The van der Waals surface area contributed by atoms with Gasteiger partial charge in [-0.15, -0.1) is 0 Å². The molecule has 2 nitrogen and oxygen atoms in total. The van der Waals surface area contributed by atoms with E-state index in [0.717, 1.165) is 12.2 Å². The Morgan fingerprint density at radius 1 is 1.06 bits per heavy atom. The molecule has 0 unspecified atom stereocenters. The third-order valence-electron chi connectivity index (χ3n) is 3.83. The van der Waals surface area contributed by atoms with E-state index in [1.807, 2.05) is 12.1 Å². The van der Waals surface area contributed by atoms with E-state index in [4.69, 9.17) is 10.5 Å². The van der Waals surface area contributed by atoms with Crippen molar-refractivity contribution < 1.29 is 4.74 Å². The number of nitrogens with two attached hydrogens (primary N) is 1. The Bertz CT molecular complexity index is 547. The summed E-state index contributed by atoms with van der Waals surface area (Å²) < 4.78 is 5.19. The van der Waals surface area contributed by atoms with Crippen LogP contribution in [0.3, 0.4) is 0 Å². The van der Waals surface area contributed by atoms with E-state index < -0.39 is 0 Å². The van der Waals surface area contributed by atoms with Gasteiger partial charge in [0.05, 0.1) is 7.11 Å². The lowest BCUT2D eigenvalue weighted by Crippen LogP contribution is -2.15. The smallest absolute Gasteiger partial charge is 0.118 e. The number of fused-ring (bicyclic) bond motifs is 1. The molecule has 2 atom stereocenters. The molecule has 0 heterocycles. The van der Waals surface area contributed by atoms with Gasteiger partial charge in [0.1, 0.15) is 5.75 Å². The molecule has 3 rings (SSSR count). The highest BCUT2D eigenvalue weighted by molar-refractivity contribution is 5.42. The van der Waals surface area contributed by atoms with Crippen LogP contribution in [0.2, 0.25) is 0 Å². The molecule has 2 N–H and O–H groups in total. The van der Waals surface area contributed by atoms with Crippen LogP contribution in [0.5, 0.6) is 5.75 Å². The van der Waals surface area contributed by atoms with Crippen LogP contribution < -0.4 is 10.5 Å². The minimum absolute atomic E-state index is 0.106. The van der Waals surface area contributed by atoms with E-state index in [1.54, 1.807) is 7.11 Å². The fourth-order valence-electron chi connectivity index (χ4n) is 2.80. The maximum atomic E-state index is 6.36. The summed E-state index contributed by atoms with van der Waals surface area (Å²) in [5.41, 5.74) is 10.3. The largest absolute Gasteiger partial charge is 0.497 e. The lowest BCUT2D eigenvalue weighted by Gasteiger charge is -2.16. The van der Waals surface area contributed by atoms with Gasteiger partial charge in [0.25, 0.3) is 0 Å². The van der Waals surface area contributed by atoms with E-state index in [9.17, 15) is 0 Å². The number of rotatable bonds is 2. The molecule has 0 amide bonds. The van der Waals surface area contributed by atoms with Crippen molar-refractivity contribution >= 4 is 0 Å². The number of hydrogen-bond donors (Lipinski definition) is 1. The Hall–Kier alpha value is -1.80. The molecule has 0 aliphatic heterocycles. The minimum Gasteiger partial charge on any atom is -0.497 e. The molecule has 92 valence electrons. The average molecular weight is 239 g/mol. The Labute approximate surface area is 107 Å². The molecule has 18 heavy (non-hydrogen) atoms. The summed E-state index contributed by atoms with van der Waals surface area (Å²) in [5.74, 6) is 1.27. The van der Waals surface area contributed by atoms with Crippen LogP contribution in [0, 0.1) is 0 Å². The van der Waals surface area contributed by atoms with Gasteiger partial charge < -0.3 is 10.5 Å². The van der Waals surface area contributed by atoms with Gasteiger partial charge in [0.15, 0.2) is 0 Å². The third-order valence-corrected chi connectivity index (χ3v) is 3.83. The van der Waals surface area contributed by atoms with Crippen LogP contribution in [0.25, 0.3) is 0 Å². The maximum Gasteiger partial charge on any atom is 0.118 e. The monoisotopic (exact) mass is 239 g/mol. The molecule has 0 aromatic heterocycles. The summed E-state index contributed by atoms with van der Waals surface area (Å²) >= 11 is 0. The topological polar surface area (TPSA) is 35.2 Å². The van der Waals surface area contributed by atoms with Crippen molar-refractivity contribution in [2.24, 2.45) is 5.73 Å². The van der Waals surface area contributed by atoms with Crippen LogP contribution in [0.1, 0.15) is 28.7 Å². The molecule has 0 saturated carbocycles. The first-order valence-corrected chi connectivity index (χ1v) is 6.27. The van der Waals surface area contributed by atoms with Gasteiger partial charge in [0.2, 0.25) is 0 Å². The summed E-state index contributed by atoms with van der Waals surface area (Å²) in [4.78, 5) is 0. The number of hydrogen-bond acceptors (Lipinski definition) is 2. The van der Waals surface area contributed by atoms with Crippen LogP contribution >= 0.6 is 0 Å². The van der Waals surface area contributed by atoms with Crippen LogP contribution in [0.15, 0.2) is 48.5 Å². The Morgan fingerprint density at radius 2 is 1.78 bits per heavy atom. The first-order chi connectivity index (χ1) is 8.79. The van der Waals surface area contributed by atoms with Crippen molar-refractivity contribution in [2.45, 2.75) is 18.4 Å². The van der Waals surface area contributed by atoms with Crippen molar-refractivity contribution in [3.63, 3.8) is 0 Å². The fraction of sp³-hybridized carbons (Fsp3) is 0.250. The van der Waals surface area contributed by atoms with Crippen LogP contribution in [-0.4, -0.2) is 7.11 Å². The molecule has 0 saturated heterocycles. The molecule has 0 spiro atoms. The van der Waals surface area contributed by atoms with Crippen molar-refractivity contribution in [2.75, 3.05) is 7.11 Å². The van der Waals surface area contributed by atoms with Crippen LogP contribution in [0.4, 0.5) is 0 Å². The molecule has 1 aliphatic rings. The minimum atomic E-state index is 0.106. The maximum absolute atomic E-state index is 6.36. The summed E-state index contributed by atoms with van der Waals surface area (Å²) in [5, 5.41) is 0. The number of ether oxygens (including phenoxy) is 1. The summed E-state index contributed by atoms with van der Waals surface area (Å²) in [6, 6.07) is 16.8. The van der Waals surface area contributed by atoms with E-state index in [2.05, 4.69) is 36.4 Å². The van der Waals surface area contributed by atoms with Crippen molar-refractivity contribution in [3.8, 4) is 5.75 Å². The van der Waals surface area contributed by atoms with Gasteiger partial charge in [-0.05, 0) is 35.2 Å². The average Bonchev–Trinajstić information content (AvgIpc) is 2.77. The van der Waals surface area contributed by atoms with Gasteiger partial charge in [-0.25, -0.2) is 0 Å². The molecule has 0 radical (unpaired) electrons. The molecule has 0 fully saturated rings. The summed E-state index contributed by atoms with van der Waals surface area (Å²) in [7, 11) is 1.69. The first-order valence-electron chi connectivity index (χ1n) is 6.27. The normalized spacial score (nSPS) is 21.7. The van der Waals surface area contributed by atoms with Crippen molar-refractivity contribution in [1.82, 2.24) is 0 Å². The van der Waals surface area contributed by atoms with Gasteiger partial charge in [-0.1, -0.05) is 36.4 Å². The van der Waals surface area contributed by atoms with Gasteiger partial charge >= 0.3 is 0 Å². The number of methoxy groups -OCH3 is 1. The highest BCUT2D eigenvalue weighted by atomic mass is 16.5. The second-order valence-electron chi connectivity index (χ2n) is 4.81. The molecule has 2 aromatic rings. The van der Waals surface area contributed by atoms with Gasteiger partial charge in [0, 0.05) is 12.0 Å². The van der Waals surface area contributed by atoms with E-state index >= 15 is 0 Å². The van der Waals surface area contributed by atoms with Crippen molar-refractivity contribution in [1.29, 1.82) is 0 Å². The predicted octanol–water partition coefficient (Wildman–Crippen LogP) is 3.03. The van der Waals surface area contributed by atoms with Crippen LogP contribution in [-0.2, 0) is 6.42 Å². The Balaban J connectivity index is 1.91. The Morgan fingerprint density at radius 3 is 2.44 bits per heavy atom. The fourth-order valence-corrected chi connectivity index (χ4v) is 2.80. The molecule has 2 aromatic carbocycles. The predicted molar refractivity (Wildman–Crippen MR) is 72.8 cm³/mol. The third kappa shape index (κ3) is 1.79. The van der Waals surface area contributed by atoms with Crippen molar-refractivity contribution in [3.05, 3.63) is 65.2 Å². The lowest BCUT2D eigenvalue weighted by atomic mass is 9.93. The SMILES string of the molecule is COc1ccc([C@H]2Cc3ccccc3[C@@H]2N)cc1. The zero-order chi connectivity index (χ0) is 12.5. The molecule has 1 aliphatic carbocycles. The quantitative estimate of drug-likeness (QED) is 0.874. The van der Waals surface area contributed by atoms with Gasteiger partial charge in [-0.2, -0.15) is 0 Å². The highest BCUT2D eigenvalue weighted by Gasteiger charge is 2.30. The molecule has 0 bridgehead atoms. The second-order valence-corrected chi connectivity index (χ2v) is 4.81. The molecular weight excluding hydrogens is 222 g/mol. The summed E-state index contributed by atoms with van der Waals surface area (Å²) in [6.45, 7) is 0. The second kappa shape index (κ2) is 4.46. The number of benzene rings is 2. The summed E-state index contributed by atoms with van der Waals surface area (Å²) in [6.07, 6.45) is 1.03.